The van der Waals surface area contributed by atoms with Gasteiger partial charge in [-0.2, -0.15) is 0 Å². The van der Waals surface area contributed by atoms with Gasteiger partial charge in [-0.15, -0.1) is 0 Å². The van der Waals surface area contributed by atoms with Gasteiger partial charge in [-0.1, -0.05) is 36.4 Å². The van der Waals surface area contributed by atoms with Crippen LogP contribution in [0.4, 0.5) is 0 Å². The van der Waals surface area contributed by atoms with Crippen LogP contribution in [0.1, 0.15) is 30.2 Å². The summed E-state index contributed by atoms with van der Waals surface area (Å²) in [6.45, 7) is 1.59. The third-order valence-corrected chi connectivity index (χ3v) is 4.10. The number of hydrogen-bond acceptors (Lipinski definition) is 3. The lowest BCUT2D eigenvalue weighted by molar-refractivity contribution is 0.0917. The van der Waals surface area contributed by atoms with Crippen LogP contribution >= 0.6 is 0 Å². The number of aliphatic hydroxyl groups excluding tert-OH is 1. The number of hydrogen-bond donors (Lipinski definition) is 2. The van der Waals surface area contributed by atoms with E-state index in [2.05, 4.69) is 10.3 Å². The number of pyridine rings is 1. The van der Waals surface area contributed by atoms with Crippen LogP contribution in [0.5, 0.6) is 0 Å². The van der Waals surface area contributed by atoms with Crippen LogP contribution in [-0.2, 0) is 6.54 Å². The van der Waals surface area contributed by atoms with Crippen LogP contribution in [0.3, 0.4) is 0 Å². The molecule has 104 valence electrons. The summed E-state index contributed by atoms with van der Waals surface area (Å²) < 4.78 is 0. The van der Waals surface area contributed by atoms with Gasteiger partial charge in [0.05, 0.1) is 11.8 Å². The molecular weight excluding hydrogens is 248 g/mol. The smallest absolute Gasteiger partial charge is 0.0858 e. The highest BCUT2D eigenvalue weighted by Gasteiger charge is 2.48. The molecule has 3 nitrogen and oxygen atoms in total. The molecule has 0 unspecified atom stereocenters. The van der Waals surface area contributed by atoms with Gasteiger partial charge in [-0.25, -0.2) is 0 Å². The molecule has 1 aliphatic rings. The normalized spacial score (nSPS) is 17.6. The van der Waals surface area contributed by atoms with Gasteiger partial charge >= 0.3 is 0 Å². The largest absolute Gasteiger partial charge is 0.388 e. The molecule has 0 radical (unpaired) electrons. The maximum atomic E-state index is 10.6. The first kappa shape index (κ1) is 13.3. The Bertz CT molecular complexity index is 537. The van der Waals surface area contributed by atoms with E-state index in [1.54, 1.807) is 0 Å². The van der Waals surface area contributed by atoms with Crippen molar-refractivity contribution in [1.29, 1.82) is 0 Å². The molecule has 0 aliphatic heterocycles. The van der Waals surface area contributed by atoms with Gasteiger partial charge in [0, 0.05) is 24.7 Å². The number of aliphatic hydroxyl groups is 1. The van der Waals surface area contributed by atoms with E-state index in [0.717, 1.165) is 37.2 Å². The summed E-state index contributed by atoms with van der Waals surface area (Å²) in [5.74, 6) is 0. The zero-order chi connectivity index (χ0) is 13.8. The van der Waals surface area contributed by atoms with E-state index in [9.17, 15) is 5.11 Å². The fourth-order valence-electron chi connectivity index (χ4n) is 2.64. The molecule has 20 heavy (non-hydrogen) atoms. The minimum Gasteiger partial charge on any atom is -0.388 e. The first-order valence-electron chi connectivity index (χ1n) is 7.14. The summed E-state index contributed by atoms with van der Waals surface area (Å²) in [5.41, 5.74) is 2.07. The zero-order valence-electron chi connectivity index (χ0n) is 11.5. The predicted molar refractivity (Wildman–Crippen MR) is 79.0 cm³/mol. The fourth-order valence-corrected chi connectivity index (χ4v) is 2.64. The van der Waals surface area contributed by atoms with Crippen LogP contribution in [0.2, 0.25) is 0 Å². The number of nitrogens with zero attached hydrogens (tertiary/aromatic N) is 1. The van der Waals surface area contributed by atoms with Gasteiger partial charge in [0.2, 0.25) is 0 Å². The molecule has 1 atom stereocenters. The van der Waals surface area contributed by atoms with E-state index in [1.807, 2.05) is 54.7 Å². The van der Waals surface area contributed by atoms with Crippen molar-refractivity contribution in [3.63, 3.8) is 0 Å². The minimum atomic E-state index is -0.375. The van der Waals surface area contributed by atoms with Crippen LogP contribution in [-0.4, -0.2) is 16.6 Å². The van der Waals surface area contributed by atoms with Gasteiger partial charge in [0.25, 0.3) is 0 Å². The maximum absolute atomic E-state index is 10.6. The third-order valence-electron chi connectivity index (χ3n) is 4.10. The quantitative estimate of drug-likeness (QED) is 0.846. The Morgan fingerprint density at radius 1 is 1.10 bits per heavy atom. The summed E-state index contributed by atoms with van der Waals surface area (Å²) in [4.78, 5) is 4.30. The lowest BCUT2D eigenvalue weighted by atomic mass is 9.92. The number of aromatic nitrogens is 1. The number of benzene rings is 1. The Labute approximate surface area is 119 Å². The molecule has 3 heteroatoms. The van der Waals surface area contributed by atoms with Gasteiger partial charge in [-0.05, 0) is 30.5 Å². The summed E-state index contributed by atoms with van der Waals surface area (Å²) in [6, 6.07) is 15.9. The van der Waals surface area contributed by atoms with Crippen molar-refractivity contribution in [1.82, 2.24) is 10.3 Å². The molecule has 1 saturated carbocycles. The fraction of sp³-hybridized carbons (Fsp3) is 0.353. The van der Waals surface area contributed by atoms with Crippen LogP contribution < -0.4 is 5.32 Å². The second-order valence-electron chi connectivity index (χ2n) is 5.60. The average molecular weight is 268 g/mol. The number of rotatable bonds is 6. The van der Waals surface area contributed by atoms with Crippen molar-refractivity contribution in [2.75, 3.05) is 6.54 Å². The van der Waals surface area contributed by atoms with Crippen molar-refractivity contribution in [2.24, 2.45) is 5.41 Å². The predicted octanol–water partition coefficient (Wildman–Crippen LogP) is 2.69. The molecule has 2 aromatic rings. The van der Waals surface area contributed by atoms with Crippen molar-refractivity contribution in [3.8, 4) is 0 Å². The minimum absolute atomic E-state index is 0.0101. The first-order valence-corrected chi connectivity index (χ1v) is 7.14. The molecule has 1 aliphatic carbocycles. The third kappa shape index (κ3) is 2.89. The summed E-state index contributed by atoms with van der Waals surface area (Å²) in [5, 5.41) is 14.0. The highest BCUT2D eigenvalue weighted by atomic mass is 16.3. The molecular formula is C17H20N2O. The second-order valence-corrected chi connectivity index (χ2v) is 5.60. The van der Waals surface area contributed by atoms with Gasteiger partial charge in [0.1, 0.15) is 0 Å². The Morgan fingerprint density at radius 3 is 2.50 bits per heavy atom. The lowest BCUT2D eigenvalue weighted by Gasteiger charge is -2.23. The average Bonchev–Trinajstić information content (AvgIpc) is 3.30. The SMILES string of the molecule is O[C@H](c1ccccc1)C1(CNCc2ccccn2)CC1. The summed E-state index contributed by atoms with van der Waals surface area (Å²) in [7, 11) is 0. The monoisotopic (exact) mass is 268 g/mol. The Balaban J connectivity index is 1.57. The van der Waals surface area contributed by atoms with Crippen molar-refractivity contribution >= 4 is 0 Å². The topological polar surface area (TPSA) is 45.1 Å². The molecule has 2 N–H and O–H groups in total. The zero-order valence-corrected chi connectivity index (χ0v) is 11.5. The molecule has 0 bridgehead atoms. The Kier molecular flexibility index (Phi) is 3.81. The van der Waals surface area contributed by atoms with Crippen LogP contribution in [0.25, 0.3) is 0 Å². The van der Waals surface area contributed by atoms with Gasteiger partial charge < -0.3 is 10.4 Å². The molecule has 3 rings (SSSR count). The first-order chi connectivity index (χ1) is 9.80. The summed E-state index contributed by atoms with van der Waals surface area (Å²) in [6.07, 6.45) is 3.60. The second kappa shape index (κ2) is 5.73. The van der Waals surface area contributed by atoms with Crippen LogP contribution in [0.15, 0.2) is 54.7 Å². The molecule has 1 aromatic heterocycles. The molecule has 1 aromatic carbocycles. The van der Waals surface area contributed by atoms with E-state index >= 15 is 0 Å². The molecule has 0 spiro atoms. The maximum Gasteiger partial charge on any atom is 0.0858 e. The Morgan fingerprint density at radius 2 is 1.85 bits per heavy atom. The van der Waals surface area contributed by atoms with E-state index < -0.39 is 0 Å². The van der Waals surface area contributed by atoms with E-state index in [1.165, 1.54) is 0 Å². The number of nitrogens with one attached hydrogen (secondary N) is 1. The van der Waals surface area contributed by atoms with Gasteiger partial charge in [-0.3, -0.25) is 4.98 Å². The van der Waals surface area contributed by atoms with Gasteiger partial charge in [0.15, 0.2) is 0 Å². The van der Waals surface area contributed by atoms with E-state index in [4.69, 9.17) is 0 Å². The molecule has 1 fully saturated rings. The van der Waals surface area contributed by atoms with Crippen molar-refractivity contribution < 1.29 is 5.11 Å². The summed E-state index contributed by atoms with van der Waals surface area (Å²) >= 11 is 0. The molecule has 0 saturated heterocycles. The van der Waals surface area contributed by atoms with E-state index in [-0.39, 0.29) is 11.5 Å². The highest BCUT2D eigenvalue weighted by Crippen LogP contribution is 2.54. The highest BCUT2D eigenvalue weighted by molar-refractivity contribution is 5.22. The van der Waals surface area contributed by atoms with Crippen molar-refractivity contribution in [2.45, 2.75) is 25.5 Å². The van der Waals surface area contributed by atoms with E-state index in [0.29, 0.717) is 0 Å². The Hall–Kier alpha value is -1.71. The standard InChI is InChI=1S/C17H20N2O/c20-16(14-6-2-1-3-7-14)17(9-10-17)13-18-12-15-8-4-5-11-19-15/h1-8,11,16,18,20H,9-10,12-13H2/t16-/m1/s1. The van der Waals surface area contributed by atoms with Crippen molar-refractivity contribution in [3.05, 3.63) is 66.0 Å². The molecule has 1 heterocycles. The van der Waals surface area contributed by atoms with Crippen LogP contribution in [0, 0.1) is 5.41 Å². The molecule has 0 amide bonds. The lowest BCUT2D eigenvalue weighted by Crippen LogP contribution is -2.28.